The summed E-state index contributed by atoms with van der Waals surface area (Å²) < 4.78 is 99.4. The summed E-state index contributed by atoms with van der Waals surface area (Å²) in [6.45, 7) is -3.36. The Morgan fingerprint density at radius 2 is 1.94 bits per heavy atom. The summed E-state index contributed by atoms with van der Waals surface area (Å²) in [6, 6.07) is 0.774. The van der Waals surface area contributed by atoms with Crippen LogP contribution < -0.4 is 15.8 Å². The van der Waals surface area contributed by atoms with Gasteiger partial charge >= 0.3 is 24.7 Å². The SMILES string of the molecule is CC1(C(=O)OC2CC2)C(=O)Nc2nc(-c3cc(OC(F)F)n(CCC(F)(F)C(F)(F)F)n3)nc(N)c21. The number of hydrogen-bond acceptors (Lipinski definition) is 8. The van der Waals surface area contributed by atoms with E-state index < -0.39 is 60.7 Å². The molecule has 2 aliphatic rings. The minimum Gasteiger partial charge on any atom is -0.461 e. The second kappa shape index (κ2) is 8.48. The maximum absolute atomic E-state index is 13.3. The van der Waals surface area contributed by atoms with Crippen molar-refractivity contribution in [3.8, 4) is 17.4 Å². The van der Waals surface area contributed by atoms with Crippen molar-refractivity contribution in [1.82, 2.24) is 19.7 Å². The quantitative estimate of drug-likeness (QED) is 0.305. The van der Waals surface area contributed by atoms with Crippen LogP contribution in [0.2, 0.25) is 0 Å². The van der Waals surface area contributed by atoms with Crippen molar-refractivity contribution in [1.29, 1.82) is 0 Å². The summed E-state index contributed by atoms with van der Waals surface area (Å²) in [7, 11) is 0. The number of amides is 1. The first-order valence-electron chi connectivity index (χ1n) is 10.3. The van der Waals surface area contributed by atoms with Crippen LogP contribution in [0.4, 0.5) is 42.4 Å². The van der Waals surface area contributed by atoms with Gasteiger partial charge in [-0.15, -0.1) is 0 Å². The van der Waals surface area contributed by atoms with E-state index >= 15 is 0 Å². The van der Waals surface area contributed by atoms with E-state index in [0.29, 0.717) is 17.5 Å². The second-order valence-corrected chi connectivity index (χ2v) is 8.26. The Morgan fingerprint density at radius 3 is 2.53 bits per heavy atom. The smallest absolute Gasteiger partial charge is 0.453 e. The molecule has 1 atom stereocenters. The summed E-state index contributed by atoms with van der Waals surface area (Å²) >= 11 is 0. The highest BCUT2D eigenvalue weighted by Gasteiger charge is 2.57. The number of nitrogens with one attached hydrogen (secondary N) is 1. The molecule has 0 aromatic carbocycles. The molecule has 0 radical (unpaired) electrons. The molecular weight excluding hydrogens is 509 g/mol. The van der Waals surface area contributed by atoms with Crippen molar-refractivity contribution in [3.05, 3.63) is 11.6 Å². The van der Waals surface area contributed by atoms with Gasteiger partial charge < -0.3 is 20.5 Å². The number of hydrogen-bond donors (Lipinski definition) is 2. The van der Waals surface area contributed by atoms with E-state index in [4.69, 9.17) is 10.5 Å². The first-order valence-corrected chi connectivity index (χ1v) is 10.3. The fourth-order valence-electron chi connectivity index (χ4n) is 3.42. The predicted octanol–water partition coefficient (Wildman–Crippen LogP) is 3.03. The van der Waals surface area contributed by atoms with Gasteiger partial charge in [0.15, 0.2) is 11.2 Å². The second-order valence-electron chi connectivity index (χ2n) is 8.26. The number of carbonyl (C=O) groups is 2. The topological polar surface area (TPSA) is 134 Å². The average molecular weight is 526 g/mol. The monoisotopic (exact) mass is 526 g/mol. The van der Waals surface area contributed by atoms with Crippen molar-refractivity contribution in [2.75, 3.05) is 11.1 Å². The standard InChI is InChI=1S/C19H17F7N6O4/c1-17(15(34)35-7-2-3-7)10-11(27)28-12(29-13(10)30-14(17)33)8-6-9(36-16(20)21)32(31-8)5-4-18(22,23)19(24,25)26/h6-7,16H,2-5H2,1H3,(H3,27,28,29,30,33). The van der Waals surface area contributed by atoms with E-state index in [-0.39, 0.29) is 29.0 Å². The molecule has 2 aromatic heterocycles. The first kappa shape index (κ1) is 25.4. The Morgan fingerprint density at radius 1 is 1.28 bits per heavy atom. The number of fused-ring (bicyclic) bond motifs is 1. The maximum atomic E-state index is 13.3. The van der Waals surface area contributed by atoms with E-state index in [1.54, 1.807) is 0 Å². The number of nitrogen functional groups attached to an aromatic ring is 1. The molecule has 196 valence electrons. The average Bonchev–Trinajstić information content (AvgIpc) is 3.41. The van der Waals surface area contributed by atoms with E-state index in [1.165, 1.54) is 6.92 Å². The number of nitrogens with two attached hydrogens (primary N) is 1. The van der Waals surface area contributed by atoms with Crippen LogP contribution in [-0.4, -0.2) is 56.4 Å². The van der Waals surface area contributed by atoms with Crippen molar-refractivity contribution in [2.45, 2.75) is 63.0 Å². The summed E-state index contributed by atoms with van der Waals surface area (Å²) in [5, 5.41) is 6.04. The summed E-state index contributed by atoms with van der Waals surface area (Å²) in [6.07, 6.45) is -6.73. The van der Waals surface area contributed by atoms with Gasteiger partial charge in [-0.05, 0) is 19.8 Å². The first-order chi connectivity index (χ1) is 16.6. The van der Waals surface area contributed by atoms with E-state index in [9.17, 15) is 40.3 Å². The predicted molar refractivity (Wildman–Crippen MR) is 105 cm³/mol. The van der Waals surface area contributed by atoms with Crippen molar-refractivity contribution in [2.24, 2.45) is 0 Å². The molecular formula is C19H17F7N6O4. The number of anilines is 2. The Balaban J connectivity index is 1.67. The largest absolute Gasteiger partial charge is 0.461 e. The molecule has 3 heterocycles. The molecule has 10 nitrogen and oxygen atoms in total. The molecule has 1 saturated carbocycles. The molecule has 0 spiro atoms. The zero-order chi connectivity index (χ0) is 26.6. The van der Waals surface area contributed by atoms with Crippen LogP contribution in [-0.2, 0) is 26.3 Å². The lowest BCUT2D eigenvalue weighted by atomic mass is 9.84. The molecule has 2 aromatic rings. The van der Waals surface area contributed by atoms with Crippen molar-refractivity contribution < 1.29 is 49.8 Å². The number of alkyl halides is 7. The van der Waals surface area contributed by atoms with E-state index in [0.717, 1.165) is 6.07 Å². The molecule has 1 unspecified atom stereocenters. The van der Waals surface area contributed by atoms with Gasteiger partial charge in [0.1, 0.15) is 23.4 Å². The number of rotatable bonds is 8. The zero-order valence-corrected chi connectivity index (χ0v) is 18.2. The van der Waals surface area contributed by atoms with Crippen molar-refractivity contribution in [3.63, 3.8) is 0 Å². The Labute approximate surface area is 197 Å². The minimum atomic E-state index is -5.87. The normalized spacial score (nSPS) is 19.9. The minimum absolute atomic E-state index is 0.102. The van der Waals surface area contributed by atoms with Gasteiger partial charge in [0.05, 0.1) is 12.1 Å². The molecule has 0 bridgehead atoms. The Kier molecular flexibility index (Phi) is 5.99. The lowest BCUT2D eigenvalue weighted by Gasteiger charge is -2.20. The molecule has 0 saturated heterocycles. The van der Waals surface area contributed by atoms with E-state index in [2.05, 4.69) is 25.1 Å². The van der Waals surface area contributed by atoms with Crippen LogP contribution in [0.15, 0.2) is 6.07 Å². The number of aromatic nitrogens is 4. The van der Waals surface area contributed by atoms with Crippen LogP contribution >= 0.6 is 0 Å². The van der Waals surface area contributed by atoms with Gasteiger partial charge in [-0.1, -0.05) is 0 Å². The number of aryl methyl sites for hydroxylation is 1. The third kappa shape index (κ3) is 4.48. The highest BCUT2D eigenvalue weighted by molar-refractivity contribution is 6.19. The van der Waals surface area contributed by atoms with Gasteiger partial charge in [0, 0.05) is 12.5 Å². The molecule has 3 N–H and O–H groups in total. The zero-order valence-electron chi connectivity index (χ0n) is 18.2. The van der Waals surface area contributed by atoms with Gasteiger partial charge in [0.2, 0.25) is 11.8 Å². The number of nitrogens with zero attached hydrogens (tertiary/aromatic N) is 4. The maximum Gasteiger partial charge on any atom is 0.453 e. The van der Waals surface area contributed by atoms with E-state index in [1.807, 2.05) is 0 Å². The Bertz CT molecular complexity index is 1210. The highest BCUT2D eigenvalue weighted by Crippen LogP contribution is 2.43. The fraction of sp³-hybridized carbons (Fsp3) is 0.526. The molecule has 1 amide bonds. The third-order valence-electron chi connectivity index (χ3n) is 5.56. The van der Waals surface area contributed by atoms with Crippen LogP contribution in [0.5, 0.6) is 5.88 Å². The van der Waals surface area contributed by atoms with Crippen LogP contribution in [0, 0.1) is 0 Å². The molecule has 1 aliphatic heterocycles. The molecule has 17 heteroatoms. The van der Waals surface area contributed by atoms with Gasteiger partial charge in [-0.3, -0.25) is 9.59 Å². The molecule has 1 aliphatic carbocycles. The Hall–Kier alpha value is -3.66. The number of ether oxygens (including phenoxy) is 2. The summed E-state index contributed by atoms with van der Waals surface area (Å²) in [4.78, 5) is 33.2. The molecule has 4 rings (SSSR count). The van der Waals surface area contributed by atoms with Gasteiger partial charge in [0.25, 0.3) is 0 Å². The fourth-order valence-corrected chi connectivity index (χ4v) is 3.42. The van der Waals surface area contributed by atoms with Gasteiger partial charge in [-0.2, -0.15) is 35.8 Å². The summed E-state index contributed by atoms with van der Waals surface area (Å²) in [5.74, 6) is -8.67. The lowest BCUT2D eigenvalue weighted by Crippen LogP contribution is -2.41. The van der Waals surface area contributed by atoms with Crippen molar-refractivity contribution >= 4 is 23.5 Å². The third-order valence-corrected chi connectivity index (χ3v) is 5.56. The van der Waals surface area contributed by atoms with Crippen LogP contribution in [0.25, 0.3) is 11.5 Å². The number of carbonyl (C=O) groups excluding carboxylic acids is 2. The number of halogens is 7. The molecule has 1 fully saturated rings. The van der Waals surface area contributed by atoms with Crippen LogP contribution in [0.1, 0.15) is 31.7 Å². The number of esters is 1. The van der Waals surface area contributed by atoms with Crippen LogP contribution in [0.3, 0.4) is 0 Å². The highest BCUT2D eigenvalue weighted by atomic mass is 19.4. The lowest BCUT2D eigenvalue weighted by molar-refractivity contribution is -0.285. The van der Waals surface area contributed by atoms with Gasteiger partial charge in [-0.25, -0.2) is 14.6 Å². The summed E-state index contributed by atoms with van der Waals surface area (Å²) in [5.41, 5.74) is 3.59. The molecule has 36 heavy (non-hydrogen) atoms.